The highest BCUT2D eigenvalue weighted by molar-refractivity contribution is 5.83. The number of hydrogen-bond acceptors (Lipinski definition) is 8. The smallest absolute Gasteiger partial charge is 0.259 e. The summed E-state index contributed by atoms with van der Waals surface area (Å²) in [5.41, 5.74) is 1.19. The first-order valence-corrected chi connectivity index (χ1v) is 11.9. The Bertz CT molecular complexity index is 913. The van der Waals surface area contributed by atoms with Gasteiger partial charge in [-0.25, -0.2) is 0 Å². The SMILES string of the molecule is CN(C)Cc1cccc(OCCCN=C(C[N+](=O)[O-])NCCCOCc2ccc(CN(C)C)o2)c1. The lowest BCUT2D eigenvalue weighted by atomic mass is 10.2. The third-order valence-corrected chi connectivity index (χ3v) is 4.78. The molecular weight excluding hydrogens is 450 g/mol. The average molecular weight is 490 g/mol. The first kappa shape index (κ1) is 28.3. The summed E-state index contributed by atoms with van der Waals surface area (Å²) in [5, 5.41) is 14.0. The second kappa shape index (κ2) is 15.9. The van der Waals surface area contributed by atoms with Gasteiger partial charge in [-0.3, -0.25) is 15.1 Å². The fourth-order valence-corrected chi connectivity index (χ4v) is 3.33. The van der Waals surface area contributed by atoms with Crippen LogP contribution in [0.25, 0.3) is 0 Å². The zero-order valence-electron chi connectivity index (χ0n) is 21.4. The molecule has 0 atom stereocenters. The maximum atomic E-state index is 11.0. The molecule has 0 aliphatic rings. The molecule has 0 aliphatic heterocycles. The van der Waals surface area contributed by atoms with Gasteiger partial charge in [-0.15, -0.1) is 0 Å². The normalized spacial score (nSPS) is 11.9. The van der Waals surface area contributed by atoms with Crippen molar-refractivity contribution in [2.45, 2.75) is 32.5 Å². The number of nitrogens with one attached hydrogen (secondary N) is 1. The number of nitrogens with zero attached hydrogens (tertiary/aromatic N) is 4. The van der Waals surface area contributed by atoms with Gasteiger partial charge >= 0.3 is 0 Å². The van der Waals surface area contributed by atoms with Crippen LogP contribution in [0.1, 0.15) is 29.9 Å². The highest BCUT2D eigenvalue weighted by Gasteiger charge is 2.07. The predicted molar refractivity (Wildman–Crippen MR) is 136 cm³/mol. The van der Waals surface area contributed by atoms with Crippen molar-refractivity contribution in [3.8, 4) is 5.75 Å². The molecule has 194 valence electrons. The molecule has 0 spiro atoms. The van der Waals surface area contributed by atoms with Crippen LogP contribution in [0.2, 0.25) is 0 Å². The molecule has 2 rings (SSSR count). The van der Waals surface area contributed by atoms with E-state index < -0.39 is 0 Å². The van der Waals surface area contributed by atoms with Crippen molar-refractivity contribution in [3.05, 3.63) is 63.6 Å². The zero-order valence-corrected chi connectivity index (χ0v) is 21.4. The van der Waals surface area contributed by atoms with E-state index in [0.29, 0.717) is 51.6 Å². The minimum absolute atomic E-state index is 0.324. The fraction of sp³-hybridized carbons (Fsp3) is 0.560. The van der Waals surface area contributed by atoms with Crippen molar-refractivity contribution in [2.24, 2.45) is 4.99 Å². The number of ether oxygens (including phenoxy) is 2. The summed E-state index contributed by atoms with van der Waals surface area (Å²) in [7, 11) is 8.03. The van der Waals surface area contributed by atoms with E-state index in [1.807, 2.05) is 63.4 Å². The Labute approximate surface area is 208 Å². The van der Waals surface area contributed by atoms with Crippen molar-refractivity contribution >= 4 is 5.84 Å². The van der Waals surface area contributed by atoms with Gasteiger partial charge in [-0.1, -0.05) is 12.1 Å². The van der Waals surface area contributed by atoms with Gasteiger partial charge in [0.05, 0.1) is 13.2 Å². The van der Waals surface area contributed by atoms with Gasteiger partial charge in [0.1, 0.15) is 23.9 Å². The van der Waals surface area contributed by atoms with E-state index in [4.69, 9.17) is 13.9 Å². The third-order valence-electron chi connectivity index (χ3n) is 4.78. The molecule has 10 heteroatoms. The summed E-state index contributed by atoms with van der Waals surface area (Å²) < 4.78 is 17.2. The van der Waals surface area contributed by atoms with Crippen LogP contribution in [-0.4, -0.2) is 81.6 Å². The van der Waals surface area contributed by atoms with Gasteiger partial charge in [-0.05, 0) is 64.4 Å². The Morgan fingerprint density at radius 3 is 2.57 bits per heavy atom. The van der Waals surface area contributed by atoms with E-state index in [1.165, 1.54) is 5.56 Å². The Kier molecular flexibility index (Phi) is 12.8. The molecule has 1 aromatic heterocycles. The third kappa shape index (κ3) is 12.9. The molecule has 0 aliphatic carbocycles. The average Bonchev–Trinajstić information content (AvgIpc) is 3.21. The van der Waals surface area contributed by atoms with Crippen molar-refractivity contribution in [1.29, 1.82) is 0 Å². The van der Waals surface area contributed by atoms with Crippen LogP contribution in [0.15, 0.2) is 45.8 Å². The molecule has 0 unspecified atom stereocenters. The summed E-state index contributed by atoms with van der Waals surface area (Å²) in [5.74, 6) is 2.89. The van der Waals surface area contributed by atoms with Crippen LogP contribution in [0, 0.1) is 10.1 Å². The molecule has 10 nitrogen and oxygen atoms in total. The summed E-state index contributed by atoms with van der Waals surface area (Å²) >= 11 is 0. The van der Waals surface area contributed by atoms with E-state index in [0.717, 1.165) is 30.4 Å². The van der Waals surface area contributed by atoms with E-state index >= 15 is 0 Å². The monoisotopic (exact) mass is 489 g/mol. The highest BCUT2D eigenvalue weighted by atomic mass is 16.6. The quantitative estimate of drug-likeness (QED) is 0.119. The van der Waals surface area contributed by atoms with Crippen molar-refractivity contribution < 1.29 is 18.8 Å². The largest absolute Gasteiger partial charge is 0.494 e. The van der Waals surface area contributed by atoms with Crippen LogP contribution in [-0.2, 0) is 24.4 Å². The molecule has 0 amide bonds. The van der Waals surface area contributed by atoms with Gasteiger partial charge in [-0.2, -0.15) is 0 Å². The molecule has 1 aromatic carbocycles. The lowest BCUT2D eigenvalue weighted by Crippen LogP contribution is -2.32. The van der Waals surface area contributed by atoms with Gasteiger partial charge in [0.15, 0.2) is 5.84 Å². The van der Waals surface area contributed by atoms with E-state index in [9.17, 15) is 10.1 Å². The number of rotatable bonds is 17. The molecular formula is C25H39N5O5. The molecule has 2 aromatic rings. The molecule has 1 heterocycles. The molecule has 0 radical (unpaired) electrons. The van der Waals surface area contributed by atoms with E-state index in [-0.39, 0.29) is 11.5 Å². The van der Waals surface area contributed by atoms with Crippen LogP contribution < -0.4 is 10.1 Å². The molecule has 0 fully saturated rings. The number of hydrogen-bond donors (Lipinski definition) is 1. The minimum atomic E-state index is -0.378. The highest BCUT2D eigenvalue weighted by Crippen LogP contribution is 2.14. The minimum Gasteiger partial charge on any atom is -0.494 e. The zero-order chi connectivity index (χ0) is 25.5. The molecule has 0 bridgehead atoms. The number of amidine groups is 1. The Morgan fingerprint density at radius 1 is 1.06 bits per heavy atom. The molecule has 0 saturated heterocycles. The Morgan fingerprint density at radius 2 is 1.83 bits per heavy atom. The summed E-state index contributed by atoms with van der Waals surface area (Å²) in [6, 6.07) is 11.9. The van der Waals surface area contributed by atoms with Crippen molar-refractivity contribution in [3.63, 3.8) is 0 Å². The van der Waals surface area contributed by atoms with E-state index in [2.05, 4.69) is 21.3 Å². The number of aliphatic imine (C=N–C) groups is 1. The number of nitro groups is 1. The summed E-state index contributed by atoms with van der Waals surface area (Å²) in [6.07, 6.45) is 1.37. The standard InChI is InChI=1S/C25H39N5O5/c1-28(2)17-21-8-5-9-22(16-21)34-15-7-13-27-25(19-30(31)32)26-12-6-14-33-20-24-11-10-23(35-24)18-29(3)4/h5,8-11,16H,6-7,12-15,17-20H2,1-4H3,(H,26,27). The van der Waals surface area contributed by atoms with Gasteiger partial charge in [0, 0.05) is 37.6 Å². The van der Waals surface area contributed by atoms with Crippen LogP contribution in [0.4, 0.5) is 0 Å². The van der Waals surface area contributed by atoms with Crippen LogP contribution in [0.3, 0.4) is 0 Å². The summed E-state index contributed by atoms with van der Waals surface area (Å²) in [6.45, 7) is 3.70. The predicted octanol–water partition coefficient (Wildman–Crippen LogP) is 3.04. The fourth-order valence-electron chi connectivity index (χ4n) is 3.33. The maximum Gasteiger partial charge on any atom is 0.259 e. The van der Waals surface area contributed by atoms with E-state index in [1.54, 1.807) is 0 Å². The summed E-state index contributed by atoms with van der Waals surface area (Å²) in [4.78, 5) is 19.1. The van der Waals surface area contributed by atoms with Crippen molar-refractivity contribution in [2.75, 3.05) is 61.0 Å². The maximum absolute atomic E-state index is 11.0. The van der Waals surface area contributed by atoms with Crippen molar-refractivity contribution in [1.82, 2.24) is 15.1 Å². The first-order chi connectivity index (χ1) is 16.8. The molecule has 0 saturated carbocycles. The Hall–Kier alpha value is -2.95. The second-order valence-corrected chi connectivity index (χ2v) is 8.85. The Balaban J connectivity index is 1.64. The second-order valence-electron chi connectivity index (χ2n) is 8.85. The van der Waals surface area contributed by atoms with Gasteiger partial charge < -0.3 is 29.0 Å². The molecule has 1 N–H and O–H groups in total. The first-order valence-electron chi connectivity index (χ1n) is 11.9. The molecule has 35 heavy (non-hydrogen) atoms. The van der Waals surface area contributed by atoms with Gasteiger partial charge in [0.2, 0.25) is 0 Å². The lowest BCUT2D eigenvalue weighted by Gasteiger charge is -2.11. The van der Waals surface area contributed by atoms with Crippen LogP contribution in [0.5, 0.6) is 5.75 Å². The number of benzene rings is 1. The van der Waals surface area contributed by atoms with Crippen LogP contribution >= 0.6 is 0 Å². The number of furan rings is 1. The lowest BCUT2D eigenvalue weighted by molar-refractivity contribution is -0.463. The topological polar surface area (TPSA) is 106 Å². The van der Waals surface area contributed by atoms with Gasteiger partial charge in [0.25, 0.3) is 6.54 Å².